The van der Waals surface area contributed by atoms with Crippen LogP contribution in [0.15, 0.2) is 0 Å². The number of rotatable bonds is 7. The van der Waals surface area contributed by atoms with Crippen LogP contribution in [0.3, 0.4) is 0 Å². The molecule has 0 aliphatic rings. The van der Waals surface area contributed by atoms with Gasteiger partial charge in [0, 0.05) is 22.7 Å². The molecule has 0 aromatic heterocycles. The Bertz CT molecular complexity index is 233. The maximum Gasteiger partial charge on any atom is 0.241 e. The number of nitrogens with zero attached hydrogens (tertiary/aromatic N) is 2. The van der Waals surface area contributed by atoms with Gasteiger partial charge >= 0.3 is 0 Å². The van der Waals surface area contributed by atoms with Crippen molar-refractivity contribution in [2.45, 2.75) is 51.0 Å². The van der Waals surface area contributed by atoms with E-state index in [4.69, 9.17) is 0 Å². The van der Waals surface area contributed by atoms with Crippen molar-refractivity contribution in [3.8, 4) is 0 Å². The highest BCUT2D eigenvalue weighted by Crippen LogP contribution is 2.14. The van der Waals surface area contributed by atoms with Crippen molar-refractivity contribution in [2.24, 2.45) is 0 Å². The second-order valence-electron chi connectivity index (χ2n) is 3.50. The van der Waals surface area contributed by atoms with E-state index in [2.05, 4.69) is 0 Å². The average Bonchev–Trinajstić information content (AvgIpc) is 2.18. The average molecular weight is 236 g/mol. The van der Waals surface area contributed by atoms with Gasteiger partial charge in [0.25, 0.3) is 0 Å². The normalized spacial score (nSPS) is 18.5. The lowest BCUT2D eigenvalue weighted by molar-refractivity contribution is -0.558. The van der Waals surface area contributed by atoms with Crippen molar-refractivity contribution >= 4 is 0 Å². The Hall–Kier alpha value is -1.28. The van der Waals surface area contributed by atoms with Gasteiger partial charge in [-0.25, -0.2) is 0 Å². The zero-order valence-corrected chi connectivity index (χ0v) is 9.15. The maximum atomic E-state index is 10.5. The molecule has 0 aromatic rings. The first-order valence-electron chi connectivity index (χ1n) is 4.99. The molecule has 0 heterocycles. The molecule has 0 aliphatic carbocycles. The van der Waals surface area contributed by atoms with Crippen molar-refractivity contribution in [3.05, 3.63) is 20.2 Å². The van der Waals surface area contributed by atoms with Gasteiger partial charge in [-0.15, -0.1) is 0 Å². The molecule has 0 unspecified atom stereocenters. The molecule has 0 fully saturated rings. The van der Waals surface area contributed by atoms with Gasteiger partial charge in [-0.1, -0.05) is 13.8 Å². The van der Waals surface area contributed by atoms with Gasteiger partial charge < -0.3 is 10.2 Å². The van der Waals surface area contributed by atoms with E-state index in [9.17, 15) is 30.4 Å². The third-order valence-electron chi connectivity index (χ3n) is 2.52. The first-order valence-corrected chi connectivity index (χ1v) is 4.99. The topological polar surface area (TPSA) is 127 Å². The van der Waals surface area contributed by atoms with Crippen LogP contribution in [-0.2, 0) is 0 Å². The number of hydrogen-bond acceptors (Lipinski definition) is 6. The Morgan fingerprint density at radius 1 is 0.938 bits per heavy atom. The summed E-state index contributed by atoms with van der Waals surface area (Å²) in [7, 11) is 0. The molecule has 0 rings (SSSR count). The highest BCUT2D eigenvalue weighted by molar-refractivity contribution is 4.80. The van der Waals surface area contributed by atoms with Crippen molar-refractivity contribution in [1.82, 2.24) is 0 Å². The highest BCUT2D eigenvalue weighted by atomic mass is 16.6. The zero-order chi connectivity index (χ0) is 12.9. The Labute approximate surface area is 92.2 Å². The second kappa shape index (κ2) is 6.33. The number of aliphatic hydroxyl groups is 2. The standard InChI is InChI=1S/C8H16N2O6/c1-3-5(9(13)14)7(11)8(12)6(4-2)10(15)16/h5-8,11-12H,3-4H2,1-2H3/t5-,6-,7-,8+/m1/s1. The van der Waals surface area contributed by atoms with Crippen LogP contribution in [0.2, 0.25) is 0 Å². The minimum absolute atomic E-state index is 0.000620. The highest BCUT2D eigenvalue weighted by Gasteiger charge is 2.42. The zero-order valence-electron chi connectivity index (χ0n) is 9.15. The van der Waals surface area contributed by atoms with E-state index in [1.54, 1.807) is 0 Å². The Balaban J connectivity index is 4.74. The predicted molar refractivity (Wildman–Crippen MR) is 54.2 cm³/mol. The molecule has 0 aliphatic heterocycles. The number of hydrogen-bond donors (Lipinski definition) is 2. The van der Waals surface area contributed by atoms with E-state index < -0.39 is 34.1 Å². The molecule has 0 amide bonds. The van der Waals surface area contributed by atoms with Crippen LogP contribution in [0.5, 0.6) is 0 Å². The molecular weight excluding hydrogens is 220 g/mol. The summed E-state index contributed by atoms with van der Waals surface area (Å²) in [5, 5.41) is 40.0. The summed E-state index contributed by atoms with van der Waals surface area (Å²) in [4.78, 5) is 19.6. The van der Waals surface area contributed by atoms with E-state index >= 15 is 0 Å². The van der Waals surface area contributed by atoms with Crippen molar-refractivity contribution in [3.63, 3.8) is 0 Å². The third-order valence-corrected chi connectivity index (χ3v) is 2.52. The summed E-state index contributed by atoms with van der Waals surface area (Å²) in [6.45, 7) is 2.94. The fourth-order valence-corrected chi connectivity index (χ4v) is 1.49. The van der Waals surface area contributed by atoms with Gasteiger partial charge in [0.05, 0.1) is 0 Å². The monoisotopic (exact) mass is 236 g/mol. The maximum absolute atomic E-state index is 10.5. The van der Waals surface area contributed by atoms with Crippen LogP contribution in [0.1, 0.15) is 26.7 Å². The fraction of sp³-hybridized carbons (Fsp3) is 1.00. The number of nitro groups is 2. The predicted octanol–water partition coefficient (Wildman–Crippen LogP) is -0.181. The summed E-state index contributed by atoms with van der Waals surface area (Å²) in [5.74, 6) is 0. The van der Waals surface area contributed by atoms with Gasteiger partial charge in [0.2, 0.25) is 12.1 Å². The van der Waals surface area contributed by atoms with Crippen molar-refractivity contribution < 1.29 is 20.1 Å². The molecule has 0 radical (unpaired) electrons. The smallest absolute Gasteiger partial charge is 0.241 e. The second-order valence-corrected chi connectivity index (χ2v) is 3.50. The lowest BCUT2D eigenvalue weighted by Gasteiger charge is -2.22. The third kappa shape index (κ3) is 3.38. The van der Waals surface area contributed by atoms with Crippen LogP contribution in [0, 0.1) is 20.2 Å². The van der Waals surface area contributed by atoms with Gasteiger partial charge in [-0.3, -0.25) is 20.2 Å². The van der Waals surface area contributed by atoms with E-state index in [1.807, 2.05) is 0 Å². The number of aliphatic hydroxyl groups excluding tert-OH is 2. The van der Waals surface area contributed by atoms with E-state index in [0.717, 1.165) is 0 Å². The van der Waals surface area contributed by atoms with Gasteiger partial charge in [0.1, 0.15) is 0 Å². The summed E-state index contributed by atoms with van der Waals surface area (Å²) < 4.78 is 0. The van der Waals surface area contributed by atoms with Crippen molar-refractivity contribution in [2.75, 3.05) is 0 Å². The molecule has 94 valence electrons. The van der Waals surface area contributed by atoms with Gasteiger partial charge in [-0.05, 0) is 0 Å². The first-order chi connectivity index (χ1) is 7.36. The first kappa shape index (κ1) is 14.7. The summed E-state index contributed by atoms with van der Waals surface area (Å²) in [5.41, 5.74) is 0. The van der Waals surface area contributed by atoms with E-state index in [-0.39, 0.29) is 12.8 Å². The Kier molecular flexibility index (Phi) is 5.83. The quantitative estimate of drug-likeness (QED) is 0.466. The Morgan fingerprint density at radius 2 is 1.19 bits per heavy atom. The van der Waals surface area contributed by atoms with E-state index in [0.29, 0.717) is 0 Å². The van der Waals surface area contributed by atoms with Crippen molar-refractivity contribution in [1.29, 1.82) is 0 Å². The molecule has 8 heteroatoms. The summed E-state index contributed by atoms with van der Waals surface area (Å²) in [6.07, 6.45) is -3.45. The van der Waals surface area contributed by atoms with Crippen LogP contribution in [0.4, 0.5) is 0 Å². The molecule has 2 N–H and O–H groups in total. The van der Waals surface area contributed by atoms with Gasteiger partial charge in [-0.2, -0.15) is 0 Å². The van der Waals surface area contributed by atoms with Crippen LogP contribution in [0.25, 0.3) is 0 Å². The Morgan fingerprint density at radius 3 is 1.31 bits per heavy atom. The largest absolute Gasteiger partial charge is 0.383 e. The molecule has 0 saturated carbocycles. The van der Waals surface area contributed by atoms with E-state index in [1.165, 1.54) is 13.8 Å². The molecule has 0 bridgehead atoms. The van der Waals surface area contributed by atoms with Crippen LogP contribution < -0.4 is 0 Å². The molecule has 16 heavy (non-hydrogen) atoms. The van der Waals surface area contributed by atoms with Crippen LogP contribution >= 0.6 is 0 Å². The lowest BCUT2D eigenvalue weighted by Crippen LogP contribution is -2.49. The molecule has 0 aromatic carbocycles. The molecular formula is C8H16N2O6. The lowest BCUT2D eigenvalue weighted by atomic mass is 9.97. The van der Waals surface area contributed by atoms with Gasteiger partial charge in [0.15, 0.2) is 12.2 Å². The fourth-order valence-electron chi connectivity index (χ4n) is 1.49. The molecule has 8 nitrogen and oxygen atoms in total. The molecule has 0 spiro atoms. The molecule has 0 saturated heterocycles. The summed E-state index contributed by atoms with van der Waals surface area (Å²) in [6, 6.07) is -2.77. The summed E-state index contributed by atoms with van der Waals surface area (Å²) >= 11 is 0. The molecule has 4 atom stereocenters. The minimum atomic E-state index is -1.73. The minimum Gasteiger partial charge on any atom is -0.383 e. The van der Waals surface area contributed by atoms with Crippen LogP contribution in [-0.4, -0.2) is 44.4 Å². The SMILES string of the molecule is CC[C@H]([C@H](O)[C@H](O)[C@@H](CC)[N+](=O)[O-])[N+](=O)[O-].